The zero-order chi connectivity index (χ0) is 17.4. The van der Waals surface area contributed by atoms with Gasteiger partial charge >= 0.3 is 0 Å². The first kappa shape index (κ1) is 16.0. The summed E-state index contributed by atoms with van der Waals surface area (Å²) in [6.07, 6.45) is 6.17. The van der Waals surface area contributed by atoms with Crippen LogP contribution >= 0.6 is 23.2 Å². The minimum atomic E-state index is -0.596. The van der Waals surface area contributed by atoms with Crippen LogP contribution in [0.1, 0.15) is 29.0 Å². The number of nitrogens with one attached hydrogen (secondary N) is 1. The molecule has 0 saturated heterocycles. The molecule has 126 valence electrons. The van der Waals surface area contributed by atoms with E-state index in [0.717, 1.165) is 12.8 Å². The molecule has 9 heteroatoms. The molecule has 0 spiro atoms. The molecule has 0 bridgehead atoms. The number of carbonyl (C=O) groups is 1. The van der Waals surface area contributed by atoms with Crippen LogP contribution in [0.4, 0.5) is 0 Å². The molecule has 0 atom stereocenters. The summed E-state index contributed by atoms with van der Waals surface area (Å²) in [7, 11) is 0. The van der Waals surface area contributed by atoms with Gasteiger partial charge in [-0.05, 0) is 37.1 Å². The van der Waals surface area contributed by atoms with Gasteiger partial charge in [0.25, 0.3) is 11.9 Å². The van der Waals surface area contributed by atoms with Crippen LogP contribution in [0.3, 0.4) is 0 Å². The van der Waals surface area contributed by atoms with Crippen molar-refractivity contribution in [1.29, 1.82) is 0 Å². The van der Waals surface area contributed by atoms with Crippen LogP contribution in [0.2, 0.25) is 10.0 Å². The third-order valence-corrected chi connectivity index (χ3v) is 4.38. The first-order valence-electron chi connectivity index (χ1n) is 7.54. The molecule has 2 aromatic heterocycles. The highest BCUT2D eigenvalue weighted by Gasteiger charge is 2.50. The quantitative estimate of drug-likeness (QED) is 0.758. The zero-order valence-corrected chi connectivity index (χ0v) is 14.4. The molecule has 0 aliphatic heterocycles. The number of halogens is 2. The van der Waals surface area contributed by atoms with E-state index < -0.39 is 5.54 Å². The Labute approximate surface area is 153 Å². The van der Waals surface area contributed by atoms with Crippen molar-refractivity contribution in [2.24, 2.45) is 0 Å². The van der Waals surface area contributed by atoms with Crippen LogP contribution in [-0.2, 0) is 5.54 Å². The summed E-state index contributed by atoms with van der Waals surface area (Å²) in [4.78, 5) is 25.3. The van der Waals surface area contributed by atoms with E-state index in [1.165, 1.54) is 11.0 Å². The molecule has 25 heavy (non-hydrogen) atoms. The van der Waals surface area contributed by atoms with Gasteiger partial charge in [-0.25, -0.2) is 15.0 Å². The standard InChI is InChI=1S/C16H12Cl2N6O/c17-11-6-10(7-12(18)8-11)13(25)23-16(2-3-16)14-21-9-22-24(14)15-19-4-1-5-20-15/h1,4-9H,2-3H2,(H,23,25). The van der Waals surface area contributed by atoms with E-state index in [9.17, 15) is 4.79 Å². The van der Waals surface area contributed by atoms with Gasteiger partial charge in [-0.15, -0.1) is 0 Å². The second-order valence-corrected chi connectivity index (χ2v) is 6.61. The lowest BCUT2D eigenvalue weighted by Crippen LogP contribution is -2.37. The maximum atomic E-state index is 12.6. The summed E-state index contributed by atoms with van der Waals surface area (Å²) >= 11 is 12.0. The molecular weight excluding hydrogens is 363 g/mol. The molecule has 1 fully saturated rings. The van der Waals surface area contributed by atoms with E-state index in [4.69, 9.17) is 23.2 Å². The fraction of sp³-hybridized carbons (Fsp3) is 0.188. The maximum absolute atomic E-state index is 12.6. The van der Waals surface area contributed by atoms with Crippen LogP contribution in [-0.4, -0.2) is 30.6 Å². The zero-order valence-electron chi connectivity index (χ0n) is 12.9. The topological polar surface area (TPSA) is 85.6 Å². The number of aromatic nitrogens is 5. The number of benzene rings is 1. The van der Waals surface area contributed by atoms with Crippen molar-refractivity contribution in [3.8, 4) is 5.95 Å². The molecule has 0 unspecified atom stereocenters. The van der Waals surface area contributed by atoms with Crippen LogP contribution in [0.25, 0.3) is 5.95 Å². The Morgan fingerprint density at radius 3 is 2.40 bits per heavy atom. The number of nitrogens with zero attached hydrogens (tertiary/aromatic N) is 5. The predicted octanol–water partition coefficient (Wildman–Crippen LogP) is 2.78. The Morgan fingerprint density at radius 2 is 1.76 bits per heavy atom. The fourth-order valence-electron chi connectivity index (χ4n) is 2.62. The monoisotopic (exact) mass is 374 g/mol. The molecule has 4 rings (SSSR count). The van der Waals surface area contributed by atoms with E-state index in [-0.39, 0.29) is 5.91 Å². The molecule has 1 saturated carbocycles. The van der Waals surface area contributed by atoms with Gasteiger partial charge in [0.15, 0.2) is 5.82 Å². The van der Waals surface area contributed by atoms with Gasteiger partial charge < -0.3 is 5.32 Å². The molecule has 2 heterocycles. The average Bonchev–Trinajstić information content (AvgIpc) is 3.19. The minimum absolute atomic E-state index is 0.273. The van der Waals surface area contributed by atoms with Crippen LogP contribution < -0.4 is 5.32 Å². The molecule has 1 aromatic carbocycles. The summed E-state index contributed by atoms with van der Waals surface area (Å²) in [5.41, 5.74) is -0.201. The lowest BCUT2D eigenvalue weighted by molar-refractivity contribution is 0.0928. The molecule has 0 radical (unpaired) electrons. The Bertz CT molecular complexity index is 919. The largest absolute Gasteiger partial charge is 0.339 e. The summed E-state index contributed by atoms with van der Waals surface area (Å²) in [6, 6.07) is 6.45. The molecule has 1 aliphatic rings. The third kappa shape index (κ3) is 3.08. The molecule has 3 aromatic rings. The van der Waals surface area contributed by atoms with Crippen molar-refractivity contribution in [3.63, 3.8) is 0 Å². The van der Waals surface area contributed by atoms with Crippen molar-refractivity contribution in [2.75, 3.05) is 0 Å². The van der Waals surface area contributed by atoms with Gasteiger partial charge in [0.1, 0.15) is 11.9 Å². The number of amides is 1. The van der Waals surface area contributed by atoms with Gasteiger partial charge in [-0.2, -0.15) is 9.78 Å². The van der Waals surface area contributed by atoms with Crippen LogP contribution in [0.5, 0.6) is 0 Å². The highest BCUT2D eigenvalue weighted by atomic mass is 35.5. The number of hydrogen-bond donors (Lipinski definition) is 1. The van der Waals surface area contributed by atoms with E-state index in [1.807, 2.05) is 0 Å². The van der Waals surface area contributed by atoms with E-state index in [2.05, 4.69) is 25.4 Å². The Hall–Kier alpha value is -2.51. The number of hydrogen-bond acceptors (Lipinski definition) is 5. The first-order chi connectivity index (χ1) is 12.1. The summed E-state index contributed by atoms with van der Waals surface area (Å²) in [6.45, 7) is 0. The second-order valence-electron chi connectivity index (χ2n) is 5.74. The van der Waals surface area contributed by atoms with Crippen LogP contribution in [0, 0.1) is 0 Å². The molecule has 1 N–H and O–H groups in total. The number of rotatable bonds is 4. The first-order valence-corrected chi connectivity index (χ1v) is 8.29. The van der Waals surface area contributed by atoms with Crippen molar-refractivity contribution >= 4 is 29.1 Å². The second kappa shape index (κ2) is 6.09. The summed E-state index contributed by atoms with van der Waals surface area (Å²) in [5.74, 6) is 0.729. The molecule has 7 nitrogen and oxygen atoms in total. The summed E-state index contributed by atoms with van der Waals surface area (Å²) in [5, 5.41) is 8.02. The predicted molar refractivity (Wildman–Crippen MR) is 91.8 cm³/mol. The molecule has 1 aliphatic carbocycles. The van der Waals surface area contributed by atoms with Crippen molar-refractivity contribution < 1.29 is 4.79 Å². The average molecular weight is 375 g/mol. The van der Waals surface area contributed by atoms with Gasteiger partial charge in [-0.1, -0.05) is 23.2 Å². The van der Waals surface area contributed by atoms with Gasteiger partial charge in [0.05, 0.1) is 0 Å². The van der Waals surface area contributed by atoms with Crippen molar-refractivity contribution in [3.05, 3.63) is 64.4 Å². The molecule has 1 amide bonds. The fourth-order valence-corrected chi connectivity index (χ4v) is 3.14. The maximum Gasteiger partial charge on any atom is 0.252 e. The van der Waals surface area contributed by atoms with E-state index in [0.29, 0.717) is 27.4 Å². The highest BCUT2D eigenvalue weighted by Crippen LogP contribution is 2.45. The lowest BCUT2D eigenvalue weighted by atomic mass is 10.1. The van der Waals surface area contributed by atoms with Gasteiger partial charge in [0.2, 0.25) is 0 Å². The van der Waals surface area contributed by atoms with Crippen molar-refractivity contribution in [1.82, 2.24) is 30.0 Å². The smallest absolute Gasteiger partial charge is 0.252 e. The number of carbonyl (C=O) groups excluding carboxylic acids is 1. The van der Waals surface area contributed by atoms with Gasteiger partial charge in [0, 0.05) is 28.0 Å². The highest BCUT2D eigenvalue weighted by molar-refractivity contribution is 6.35. The summed E-state index contributed by atoms with van der Waals surface area (Å²) < 4.78 is 1.54. The van der Waals surface area contributed by atoms with E-state index in [1.54, 1.807) is 36.7 Å². The van der Waals surface area contributed by atoms with E-state index >= 15 is 0 Å². The minimum Gasteiger partial charge on any atom is -0.339 e. The third-order valence-electron chi connectivity index (χ3n) is 3.94. The molecular formula is C16H12Cl2N6O. The van der Waals surface area contributed by atoms with Crippen LogP contribution in [0.15, 0.2) is 43.0 Å². The lowest BCUT2D eigenvalue weighted by Gasteiger charge is -2.17. The Kier molecular flexibility index (Phi) is 3.89. The normalized spacial score (nSPS) is 15.0. The Balaban J connectivity index is 1.64. The van der Waals surface area contributed by atoms with Crippen molar-refractivity contribution in [2.45, 2.75) is 18.4 Å². The van der Waals surface area contributed by atoms with Gasteiger partial charge in [-0.3, -0.25) is 4.79 Å². The SMILES string of the molecule is O=C(NC1(c2ncnn2-c2ncccn2)CC1)c1cc(Cl)cc(Cl)c1. The Morgan fingerprint density at radius 1 is 1.08 bits per heavy atom.